The van der Waals surface area contributed by atoms with Crippen molar-refractivity contribution >= 4 is 33.3 Å². The first-order chi connectivity index (χ1) is 9.56. The summed E-state index contributed by atoms with van der Waals surface area (Å²) in [6, 6.07) is 10.2. The zero-order valence-electron chi connectivity index (χ0n) is 10.9. The summed E-state index contributed by atoms with van der Waals surface area (Å²) >= 11 is 9.43. The van der Waals surface area contributed by atoms with E-state index in [1.807, 2.05) is 0 Å². The van der Waals surface area contributed by atoms with Crippen LogP contribution in [0.25, 0.3) is 0 Å². The number of rotatable bonds is 4. The monoisotopic (exact) mass is 354 g/mol. The molecule has 0 aliphatic rings. The summed E-state index contributed by atoms with van der Waals surface area (Å²) in [6.45, 7) is 0. The SMILES string of the molecule is COc1ccc(OC)c(C(=O)c2cc(Br)ccc2Cl)c1. The van der Waals surface area contributed by atoms with E-state index < -0.39 is 0 Å². The van der Waals surface area contributed by atoms with Gasteiger partial charge < -0.3 is 9.47 Å². The van der Waals surface area contributed by atoms with Crippen LogP contribution in [0.2, 0.25) is 5.02 Å². The smallest absolute Gasteiger partial charge is 0.198 e. The number of carbonyl (C=O) groups is 1. The van der Waals surface area contributed by atoms with Gasteiger partial charge in [0.1, 0.15) is 11.5 Å². The maximum absolute atomic E-state index is 12.6. The zero-order chi connectivity index (χ0) is 14.7. The Balaban J connectivity index is 2.54. The van der Waals surface area contributed by atoms with Gasteiger partial charge in [0.15, 0.2) is 5.78 Å². The molecule has 0 heterocycles. The second kappa shape index (κ2) is 6.29. The molecule has 0 aromatic heterocycles. The van der Waals surface area contributed by atoms with Gasteiger partial charge in [0.25, 0.3) is 0 Å². The molecule has 0 aliphatic carbocycles. The molecule has 0 saturated heterocycles. The van der Waals surface area contributed by atoms with E-state index >= 15 is 0 Å². The summed E-state index contributed by atoms with van der Waals surface area (Å²) in [5.74, 6) is 0.846. The predicted molar refractivity (Wildman–Crippen MR) is 82.1 cm³/mol. The van der Waals surface area contributed by atoms with E-state index in [-0.39, 0.29) is 5.78 Å². The number of hydrogen-bond acceptors (Lipinski definition) is 3. The molecule has 0 saturated carbocycles. The van der Waals surface area contributed by atoms with Gasteiger partial charge in [-0.1, -0.05) is 27.5 Å². The number of halogens is 2. The van der Waals surface area contributed by atoms with Crippen LogP contribution in [0.3, 0.4) is 0 Å². The zero-order valence-corrected chi connectivity index (χ0v) is 13.3. The Morgan fingerprint density at radius 3 is 2.45 bits per heavy atom. The van der Waals surface area contributed by atoms with Gasteiger partial charge in [-0.05, 0) is 36.4 Å². The molecule has 3 nitrogen and oxygen atoms in total. The number of hydrogen-bond donors (Lipinski definition) is 0. The van der Waals surface area contributed by atoms with Gasteiger partial charge in [-0.3, -0.25) is 4.79 Å². The molecular formula is C15H12BrClO3. The molecule has 0 fully saturated rings. The van der Waals surface area contributed by atoms with Gasteiger partial charge >= 0.3 is 0 Å². The quantitative estimate of drug-likeness (QED) is 0.765. The molecule has 0 bridgehead atoms. The molecule has 0 aliphatic heterocycles. The molecule has 0 atom stereocenters. The Morgan fingerprint density at radius 2 is 1.80 bits per heavy atom. The van der Waals surface area contributed by atoms with Crippen molar-refractivity contribution in [2.24, 2.45) is 0 Å². The molecule has 0 amide bonds. The minimum Gasteiger partial charge on any atom is -0.497 e. The van der Waals surface area contributed by atoms with Crippen LogP contribution in [0.1, 0.15) is 15.9 Å². The van der Waals surface area contributed by atoms with Crippen LogP contribution in [0.5, 0.6) is 11.5 Å². The number of ketones is 1. The van der Waals surface area contributed by atoms with Crippen molar-refractivity contribution < 1.29 is 14.3 Å². The second-order valence-electron chi connectivity index (χ2n) is 4.02. The highest BCUT2D eigenvalue weighted by atomic mass is 79.9. The van der Waals surface area contributed by atoms with Gasteiger partial charge in [-0.15, -0.1) is 0 Å². The summed E-state index contributed by atoms with van der Waals surface area (Å²) in [5, 5.41) is 0.392. The molecule has 0 spiro atoms. The average molecular weight is 356 g/mol. The summed E-state index contributed by atoms with van der Waals surface area (Å²) in [7, 11) is 3.06. The molecule has 0 radical (unpaired) electrons. The molecule has 20 heavy (non-hydrogen) atoms. The number of benzene rings is 2. The second-order valence-corrected chi connectivity index (χ2v) is 5.34. The van der Waals surface area contributed by atoms with Gasteiger partial charge in [-0.2, -0.15) is 0 Å². The van der Waals surface area contributed by atoms with Crippen molar-refractivity contribution in [1.82, 2.24) is 0 Å². The summed E-state index contributed by atoms with van der Waals surface area (Å²) < 4.78 is 11.2. The third kappa shape index (κ3) is 2.97. The van der Waals surface area contributed by atoms with E-state index in [1.54, 1.807) is 43.5 Å². The van der Waals surface area contributed by atoms with E-state index in [0.717, 1.165) is 4.47 Å². The van der Waals surface area contributed by atoms with Crippen LogP contribution < -0.4 is 9.47 Å². The Morgan fingerprint density at radius 1 is 1.05 bits per heavy atom. The maximum Gasteiger partial charge on any atom is 0.198 e. The standard InChI is InChI=1S/C15H12BrClO3/c1-19-10-4-6-14(20-2)12(8-10)15(18)11-7-9(16)3-5-13(11)17/h3-8H,1-2H3. The molecule has 5 heteroatoms. The van der Waals surface area contributed by atoms with Gasteiger partial charge in [-0.25, -0.2) is 0 Å². The molecular weight excluding hydrogens is 344 g/mol. The highest BCUT2D eigenvalue weighted by Crippen LogP contribution is 2.30. The normalized spacial score (nSPS) is 10.2. The lowest BCUT2D eigenvalue weighted by atomic mass is 10.0. The fraction of sp³-hybridized carbons (Fsp3) is 0.133. The fourth-order valence-electron chi connectivity index (χ4n) is 1.81. The highest BCUT2D eigenvalue weighted by Gasteiger charge is 2.18. The third-order valence-electron chi connectivity index (χ3n) is 2.82. The topological polar surface area (TPSA) is 35.5 Å². The Kier molecular flexibility index (Phi) is 4.68. The number of ether oxygens (including phenoxy) is 2. The van der Waals surface area contributed by atoms with Crippen molar-refractivity contribution in [1.29, 1.82) is 0 Å². The van der Waals surface area contributed by atoms with Gasteiger partial charge in [0.2, 0.25) is 0 Å². The fourth-order valence-corrected chi connectivity index (χ4v) is 2.37. The minimum absolute atomic E-state index is 0.216. The highest BCUT2D eigenvalue weighted by molar-refractivity contribution is 9.10. The van der Waals surface area contributed by atoms with E-state index in [0.29, 0.717) is 27.6 Å². The van der Waals surface area contributed by atoms with Gasteiger partial charge in [0.05, 0.1) is 24.8 Å². The van der Waals surface area contributed by atoms with Crippen LogP contribution in [-0.2, 0) is 0 Å². The first-order valence-corrected chi connectivity index (χ1v) is 6.95. The molecule has 2 rings (SSSR count). The summed E-state index contributed by atoms with van der Waals surface area (Å²) in [6.07, 6.45) is 0. The molecule has 0 N–H and O–H groups in total. The number of carbonyl (C=O) groups excluding carboxylic acids is 1. The van der Waals surface area contributed by atoms with E-state index in [1.165, 1.54) is 7.11 Å². The van der Waals surface area contributed by atoms with Crippen molar-refractivity contribution in [3.8, 4) is 11.5 Å². The van der Waals surface area contributed by atoms with E-state index in [4.69, 9.17) is 21.1 Å². The third-order valence-corrected chi connectivity index (χ3v) is 3.65. The summed E-state index contributed by atoms with van der Waals surface area (Å²) in [4.78, 5) is 12.6. The van der Waals surface area contributed by atoms with Crippen molar-refractivity contribution in [2.45, 2.75) is 0 Å². The van der Waals surface area contributed by atoms with E-state index in [9.17, 15) is 4.79 Å². The molecule has 104 valence electrons. The first kappa shape index (κ1) is 14.9. The van der Waals surface area contributed by atoms with Crippen molar-refractivity contribution in [2.75, 3.05) is 14.2 Å². The van der Waals surface area contributed by atoms with Crippen LogP contribution in [-0.4, -0.2) is 20.0 Å². The van der Waals surface area contributed by atoms with Gasteiger partial charge in [0, 0.05) is 10.0 Å². The Bertz CT molecular complexity index is 656. The lowest BCUT2D eigenvalue weighted by molar-refractivity contribution is 0.103. The summed E-state index contributed by atoms with van der Waals surface area (Å²) in [5.41, 5.74) is 0.819. The largest absolute Gasteiger partial charge is 0.497 e. The molecule has 0 unspecified atom stereocenters. The predicted octanol–water partition coefficient (Wildman–Crippen LogP) is 4.35. The van der Waals surface area contributed by atoms with Crippen molar-refractivity contribution in [3.63, 3.8) is 0 Å². The number of methoxy groups -OCH3 is 2. The average Bonchev–Trinajstić information content (AvgIpc) is 2.48. The maximum atomic E-state index is 12.6. The Hall–Kier alpha value is -1.52. The lowest BCUT2D eigenvalue weighted by Crippen LogP contribution is -2.05. The molecule has 2 aromatic rings. The van der Waals surface area contributed by atoms with Crippen LogP contribution in [0, 0.1) is 0 Å². The molecule has 2 aromatic carbocycles. The Labute approximate surface area is 130 Å². The lowest BCUT2D eigenvalue weighted by Gasteiger charge is -2.10. The van der Waals surface area contributed by atoms with Crippen LogP contribution >= 0.6 is 27.5 Å². The van der Waals surface area contributed by atoms with Crippen LogP contribution in [0.15, 0.2) is 40.9 Å². The van der Waals surface area contributed by atoms with Crippen LogP contribution in [0.4, 0.5) is 0 Å². The van der Waals surface area contributed by atoms with Crippen molar-refractivity contribution in [3.05, 3.63) is 57.0 Å². The minimum atomic E-state index is -0.216. The van der Waals surface area contributed by atoms with E-state index in [2.05, 4.69) is 15.9 Å². The first-order valence-electron chi connectivity index (χ1n) is 5.78.